The van der Waals surface area contributed by atoms with E-state index in [1.807, 2.05) is 48.5 Å². The molecule has 0 saturated heterocycles. The van der Waals surface area contributed by atoms with Crippen LogP contribution in [0.2, 0.25) is 5.36 Å². The maximum atomic E-state index is 12.6. The molecule has 2 aromatic rings. The SMILES string of the molecule is CCCCCCC[CH2][Co](=[O])[c]1cc[c]([Co](=[O])[c]2ccc(Br)cc2)cc1. The first kappa shape index (κ1) is 20.8. The Morgan fingerprint density at radius 1 is 0.720 bits per heavy atom. The van der Waals surface area contributed by atoms with E-state index in [0.717, 1.165) is 36.2 Å². The molecular weight excluding hydrogens is 470 g/mol. The van der Waals surface area contributed by atoms with Gasteiger partial charge in [0.1, 0.15) is 0 Å². The minimum absolute atomic E-state index is 0.747. The Morgan fingerprint density at radius 3 is 1.80 bits per heavy atom. The molecule has 142 valence electrons. The van der Waals surface area contributed by atoms with Crippen molar-refractivity contribution >= 4 is 29.4 Å². The van der Waals surface area contributed by atoms with E-state index in [-0.39, 0.29) is 0 Å². The molecule has 0 aromatic heterocycles. The van der Waals surface area contributed by atoms with Crippen LogP contribution in [-0.2, 0) is 34.9 Å². The molecule has 0 radical (unpaired) electrons. The number of unbranched alkanes of at least 4 members (excludes halogenated alkanes) is 5. The predicted octanol–water partition coefficient (Wildman–Crippen LogP) is 4.73. The minimum atomic E-state index is -1.58. The molecule has 25 heavy (non-hydrogen) atoms. The molecule has 0 fully saturated rings. The maximum absolute atomic E-state index is 12.6. The van der Waals surface area contributed by atoms with Crippen LogP contribution < -0.4 is 13.5 Å². The molecule has 0 bridgehead atoms. The second-order valence-corrected chi connectivity index (χ2v) is 10.5. The first-order valence-corrected chi connectivity index (χ1v) is 12.5. The predicted molar refractivity (Wildman–Crippen MR) is 99.0 cm³/mol. The summed E-state index contributed by atoms with van der Waals surface area (Å²) in [4.78, 5) is 0. The summed E-state index contributed by atoms with van der Waals surface area (Å²) in [7, 11) is 0. The van der Waals surface area contributed by atoms with Gasteiger partial charge in [0.05, 0.1) is 0 Å². The van der Waals surface area contributed by atoms with Crippen molar-refractivity contribution in [3.05, 3.63) is 53.0 Å². The Bertz CT molecular complexity index is 697. The number of halogens is 1. The molecule has 0 saturated carbocycles. The van der Waals surface area contributed by atoms with Crippen LogP contribution in [0.3, 0.4) is 0 Å². The Hall–Kier alpha value is -0.467. The molecule has 0 unspecified atom stereocenters. The van der Waals surface area contributed by atoms with Crippen molar-refractivity contribution in [3.8, 4) is 0 Å². The molecule has 2 aromatic carbocycles. The van der Waals surface area contributed by atoms with Crippen molar-refractivity contribution < 1.29 is 34.9 Å². The van der Waals surface area contributed by atoms with Gasteiger partial charge in [-0.15, -0.1) is 0 Å². The summed E-state index contributed by atoms with van der Waals surface area (Å²) in [5, 5.41) is 0.747. The average molecular weight is 495 g/mol. The van der Waals surface area contributed by atoms with Gasteiger partial charge in [0.25, 0.3) is 0 Å². The fourth-order valence-electron chi connectivity index (χ4n) is 2.34. The number of hydrogen-bond donors (Lipinski definition) is 0. The molecule has 0 atom stereocenters. The molecule has 0 spiro atoms. The first-order valence-electron chi connectivity index (χ1n) is 8.55. The Labute approximate surface area is 167 Å². The Balaban J connectivity index is 1.87. The molecule has 5 heteroatoms. The molecule has 0 aliphatic heterocycles. The summed E-state index contributed by atoms with van der Waals surface area (Å²) in [6.45, 7) is 2.21. The molecule has 2 rings (SSSR count). The first-order chi connectivity index (χ1) is 12.1. The van der Waals surface area contributed by atoms with Gasteiger partial charge in [0, 0.05) is 0 Å². The second kappa shape index (κ2) is 11.3. The van der Waals surface area contributed by atoms with Crippen LogP contribution >= 0.6 is 15.9 Å². The van der Waals surface area contributed by atoms with E-state index < -0.39 is 27.2 Å². The van der Waals surface area contributed by atoms with Crippen LogP contribution in [0.25, 0.3) is 0 Å². The zero-order valence-electron chi connectivity index (χ0n) is 14.4. The van der Waals surface area contributed by atoms with E-state index >= 15 is 0 Å². The van der Waals surface area contributed by atoms with Gasteiger partial charge in [0.2, 0.25) is 0 Å². The summed E-state index contributed by atoms with van der Waals surface area (Å²) in [5.41, 5.74) is 0. The van der Waals surface area contributed by atoms with Gasteiger partial charge in [-0.05, 0) is 0 Å². The van der Waals surface area contributed by atoms with Crippen molar-refractivity contribution in [2.75, 3.05) is 0 Å². The van der Waals surface area contributed by atoms with Gasteiger partial charge in [-0.25, -0.2) is 0 Å². The van der Waals surface area contributed by atoms with E-state index in [4.69, 9.17) is 0 Å². The van der Waals surface area contributed by atoms with Crippen molar-refractivity contribution in [1.82, 2.24) is 0 Å². The van der Waals surface area contributed by atoms with Crippen molar-refractivity contribution in [1.29, 1.82) is 0 Å². The van der Waals surface area contributed by atoms with Gasteiger partial charge in [-0.2, -0.15) is 0 Å². The van der Waals surface area contributed by atoms with E-state index in [2.05, 4.69) is 22.9 Å². The Kier molecular flexibility index (Phi) is 9.41. The molecule has 2 nitrogen and oxygen atoms in total. The topological polar surface area (TPSA) is 34.1 Å². The van der Waals surface area contributed by atoms with Crippen LogP contribution in [0.5, 0.6) is 0 Å². The van der Waals surface area contributed by atoms with Crippen LogP contribution in [0.4, 0.5) is 0 Å². The second-order valence-electron chi connectivity index (χ2n) is 5.73. The van der Waals surface area contributed by atoms with E-state index in [1.54, 1.807) is 0 Å². The summed E-state index contributed by atoms with van der Waals surface area (Å²) in [6, 6.07) is 15.0. The molecular formula is C20H25BrCo2O2. The van der Waals surface area contributed by atoms with E-state index in [1.165, 1.54) is 25.7 Å². The van der Waals surface area contributed by atoms with Gasteiger partial charge < -0.3 is 0 Å². The van der Waals surface area contributed by atoms with Crippen molar-refractivity contribution in [2.45, 2.75) is 50.8 Å². The fourth-order valence-corrected chi connectivity index (χ4v) is 5.38. The Morgan fingerprint density at radius 2 is 1.20 bits per heavy atom. The van der Waals surface area contributed by atoms with E-state index in [0.29, 0.717) is 0 Å². The monoisotopic (exact) mass is 494 g/mol. The summed E-state index contributed by atoms with van der Waals surface area (Å²) in [5.74, 6) is 0. The summed E-state index contributed by atoms with van der Waals surface area (Å²) < 4.78 is 28.4. The van der Waals surface area contributed by atoms with Crippen LogP contribution in [0, 0.1) is 0 Å². The normalized spacial score (nSPS) is 12.1. The summed E-state index contributed by atoms with van der Waals surface area (Å²) in [6.07, 6.45) is 7.25. The van der Waals surface area contributed by atoms with Crippen molar-refractivity contribution in [3.63, 3.8) is 0 Å². The molecule has 0 amide bonds. The average Bonchev–Trinajstić information content (AvgIpc) is 2.64. The quantitative estimate of drug-likeness (QED) is 0.447. The van der Waals surface area contributed by atoms with Crippen LogP contribution in [0.15, 0.2) is 53.0 Å². The van der Waals surface area contributed by atoms with E-state index in [9.17, 15) is 7.73 Å². The zero-order valence-corrected chi connectivity index (χ0v) is 18.1. The fraction of sp³-hybridized carbons (Fsp3) is 0.400. The molecule has 0 heterocycles. The summed E-state index contributed by atoms with van der Waals surface area (Å²) >= 11 is 0.493. The number of rotatable bonds is 10. The zero-order chi connectivity index (χ0) is 18.1. The van der Waals surface area contributed by atoms with Crippen LogP contribution in [0.1, 0.15) is 45.4 Å². The molecule has 0 N–H and O–H groups in total. The van der Waals surface area contributed by atoms with Gasteiger partial charge in [0.15, 0.2) is 0 Å². The van der Waals surface area contributed by atoms with Gasteiger partial charge in [-0.3, -0.25) is 0 Å². The third-order valence-electron chi connectivity index (χ3n) is 3.75. The molecule has 0 aliphatic rings. The third-order valence-corrected chi connectivity index (χ3v) is 7.92. The standard InChI is InChI=1S/C8H17.C6H4Br.C6H4.2Co.2O/c1-3-5-7-8-6-4-2;7-6-4-2-1-3-5-6;1-2-4-6-5-3-1;;;;/h1,3-8H2,2H3;2-5H;1-2,5-6H;;;;. The van der Waals surface area contributed by atoms with Crippen LogP contribution in [-0.4, -0.2) is 0 Å². The van der Waals surface area contributed by atoms with Gasteiger partial charge in [-0.1, -0.05) is 0 Å². The molecule has 0 aliphatic carbocycles. The van der Waals surface area contributed by atoms with Gasteiger partial charge >= 0.3 is 168 Å². The van der Waals surface area contributed by atoms with Crippen molar-refractivity contribution in [2.24, 2.45) is 0 Å². The number of benzene rings is 2. The third kappa shape index (κ3) is 6.98. The number of hydrogen-bond acceptors (Lipinski definition) is 2.